The van der Waals surface area contributed by atoms with Crippen LogP contribution in [0.2, 0.25) is 0 Å². The van der Waals surface area contributed by atoms with E-state index in [0.29, 0.717) is 30.2 Å². The van der Waals surface area contributed by atoms with Crippen LogP contribution in [0.3, 0.4) is 0 Å². The van der Waals surface area contributed by atoms with Crippen molar-refractivity contribution >= 4 is 28.6 Å². The van der Waals surface area contributed by atoms with E-state index in [1.807, 2.05) is 0 Å². The van der Waals surface area contributed by atoms with Crippen LogP contribution >= 0.6 is 11.3 Å². The Morgan fingerprint density at radius 3 is 2.62 bits per heavy atom. The predicted molar refractivity (Wildman–Crippen MR) is 172 cm³/mol. The van der Waals surface area contributed by atoms with E-state index in [-0.39, 0.29) is 49.0 Å². The van der Waals surface area contributed by atoms with Gasteiger partial charge >= 0.3 is 6.18 Å². The highest BCUT2D eigenvalue weighted by Gasteiger charge is 2.45. The number of anilines is 2. The molecule has 2 aromatic heterocycles. The molecule has 10 nitrogen and oxygen atoms in total. The summed E-state index contributed by atoms with van der Waals surface area (Å²) in [6.07, 6.45) is -0.467. The number of alkyl halides is 3. The molecule has 0 unspecified atom stereocenters. The van der Waals surface area contributed by atoms with Gasteiger partial charge in [0.15, 0.2) is 0 Å². The maximum atomic E-state index is 15.1. The van der Waals surface area contributed by atoms with Crippen LogP contribution in [-0.4, -0.2) is 84.6 Å². The Morgan fingerprint density at radius 2 is 1.89 bits per heavy atom. The van der Waals surface area contributed by atoms with Crippen LogP contribution < -0.4 is 15.0 Å². The number of nitrogens with zero attached hydrogens (tertiary/aromatic N) is 5. The molecule has 248 valence electrons. The Bertz CT molecular complexity index is 1650. The van der Waals surface area contributed by atoms with Crippen LogP contribution in [0.25, 0.3) is 10.6 Å². The number of aromatic nitrogens is 3. The minimum atomic E-state index is -4.79. The first-order chi connectivity index (χ1) is 22.7. The van der Waals surface area contributed by atoms with Crippen LogP contribution in [0, 0.1) is 0 Å². The molecule has 2 aliphatic rings. The maximum Gasteiger partial charge on any atom is 0.422 e. The van der Waals surface area contributed by atoms with Gasteiger partial charge in [-0.1, -0.05) is 18.2 Å². The molecule has 6 rings (SSSR count). The number of carbonyl (C=O) groups excluding carboxylic acids is 1. The zero-order valence-corrected chi connectivity index (χ0v) is 26.6. The lowest BCUT2D eigenvalue weighted by Crippen LogP contribution is -2.57. The van der Waals surface area contributed by atoms with Crippen molar-refractivity contribution in [1.29, 1.82) is 0 Å². The molecule has 14 heteroatoms. The van der Waals surface area contributed by atoms with E-state index in [1.165, 1.54) is 23.5 Å². The second kappa shape index (κ2) is 14.3. The molecule has 1 spiro atoms. The van der Waals surface area contributed by atoms with Gasteiger partial charge in [0.1, 0.15) is 22.1 Å². The van der Waals surface area contributed by atoms with Crippen molar-refractivity contribution < 1.29 is 32.2 Å². The van der Waals surface area contributed by atoms with Crippen LogP contribution in [0.1, 0.15) is 24.1 Å². The van der Waals surface area contributed by atoms with E-state index >= 15 is 13.2 Å². The molecule has 2 aliphatic heterocycles. The maximum absolute atomic E-state index is 15.1. The first-order valence-corrected chi connectivity index (χ1v) is 16.2. The lowest BCUT2D eigenvalue weighted by molar-refractivity contribution is -0.138. The number of para-hydroxylation sites is 1. The second-order valence-electron chi connectivity index (χ2n) is 11.5. The molecular weight excluding hydrogens is 633 g/mol. The fraction of sp³-hybridized carbons (Fsp3) is 0.394. The summed E-state index contributed by atoms with van der Waals surface area (Å²) in [4.78, 5) is 21.9. The number of hydrogen-bond acceptors (Lipinski definition) is 10. The monoisotopic (exact) mass is 668 g/mol. The van der Waals surface area contributed by atoms with Gasteiger partial charge < -0.3 is 29.3 Å². The van der Waals surface area contributed by atoms with Crippen molar-refractivity contribution in [1.82, 2.24) is 20.1 Å². The van der Waals surface area contributed by atoms with Crippen molar-refractivity contribution in [2.45, 2.75) is 31.0 Å². The number of benzene rings is 2. The fourth-order valence-corrected chi connectivity index (χ4v) is 6.83. The Hall–Kier alpha value is -4.11. The third kappa shape index (κ3) is 7.89. The molecule has 0 aliphatic carbocycles. The number of ether oxygens (including phenoxy) is 3. The molecule has 2 fully saturated rings. The van der Waals surface area contributed by atoms with Gasteiger partial charge in [-0.25, -0.2) is 4.98 Å². The molecule has 47 heavy (non-hydrogen) atoms. The molecular formula is C33H35F3N6O4S. The number of likely N-dealkylation sites (tertiary alicyclic amines) is 1. The Labute approximate surface area is 274 Å². The van der Waals surface area contributed by atoms with Crippen molar-refractivity contribution in [2.75, 3.05) is 63.3 Å². The fourth-order valence-electron chi connectivity index (χ4n) is 6.02. The zero-order valence-electron chi connectivity index (χ0n) is 25.8. The van der Waals surface area contributed by atoms with Crippen LogP contribution in [0.15, 0.2) is 66.3 Å². The third-order valence-electron chi connectivity index (χ3n) is 8.34. The molecule has 0 atom stereocenters. The molecule has 4 aromatic rings. The molecule has 0 saturated carbocycles. The van der Waals surface area contributed by atoms with E-state index in [9.17, 15) is 4.79 Å². The molecule has 4 heterocycles. The van der Waals surface area contributed by atoms with E-state index in [2.05, 4.69) is 25.4 Å². The number of piperidine rings is 1. The zero-order chi connectivity index (χ0) is 32.9. The van der Waals surface area contributed by atoms with Crippen LogP contribution in [0.5, 0.6) is 11.5 Å². The summed E-state index contributed by atoms with van der Waals surface area (Å²) >= 11 is 1.35. The summed E-state index contributed by atoms with van der Waals surface area (Å²) in [5.74, 6) is -0.566. The van der Waals surface area contributed by atoms with E-state index < -0.39 is 23.2 Å². The number of amides is 1. The first-order valence-electron chi connectivity index (χ1n) is 15.3. The SMILES string of the molecule is COCCN1CCC2(CC1)CN(c1c(NC(=O)Cc3csc(-c4ccnnc4)n3)ccc(Oc3ccccc3)c1C(F)(F)F)CCO2. The van der Waals surface area contributed by atoms with Crippen LogP contribution in [0.4, 0.5) is 24.5 Å². The van der Waals surface area contributed by atoms with E-state index in [4.69, 9.17) is 14.2 Å². The van der Waals surface area contributed by atoms with Crippen LogP contribution in [-0.2, 0) is 26.9 Å². The quantitative estimate of drug-likeness (QED) is 0.221. The van der Waals surface area contributed by atoms with Gasteiger partial charge in [-0.2, -0.15) is 23.4 Å². The summed E-state index contributed by atoms with van der Waals surface area (Å²) < 4.78 is 62.7. The number of hydrogen-bond donors (Lipinski definition) is 1. The normalized spacial score (nSPS) is 16.7. The van der Waals surface area contributed by atoms with Gasteiger partial charge in [-0.05, 0) is 43.2 Å². The van der Waals surface area contributed by atoms with Crippen molar-refractivity contribution in [3.05, 3.63) is 77.6 Å². The number of rotatable bonds is 10. The average molecular weight is 669 g/mol. The lowest BCUT2D eigenvalue weighted by atomic mass is 9.88. The van der Waals surface area contributed by atoms with E-state index in [0.717, 1.165) is 25.2 Å². The molecule has 2 saturated heterocycles. The highest BCUT2D eigenvalue weighted by Crippen LogP contribution is 2.49. The number of nitrogens with one attached hydrogen (secondary N) is 1. The Balaban J connectivity index is 1.31. The average Bonchev–Trinajstić information content (AvgIpc) is 3.54. The van der Waals surface area contributed by atoms with Gasteiger partial charge in [0.05, 0.1) is 54.7 Å². The number of carbonyl (C=O) groups is 1. The Morgan fingerprint density at radius 1 is 1.09 bits per heavy atom. The number of methoxy groups -OCH3 is 1. The van der Waals surface area contributed by atoms with Gasteiger partial charge in [0.2, 0.25) is 5.91 Å². The first kappa shape index (κ1) is 32.8. The summed E-state index contributed by atoms with van der Waals surface area (Å²) in [6.45, 7) is 3.58. The van der Waals surface area contributed by atoms with Gasteiger partial charge in [-0.3, -0.25) is 4.79 Å². The number of thiazole rings is 1. The van der Waals surface area contributed by atoms with Crippen molar-refractivity contribution in [3.8, 4) is 22.1 Å². The minimum Gasteiger partial charge on any atom is -0.457 e. The molecule has 2 aromatic carbocycles. The highest BCUT2D eigenvalue weighted by molar-refractivity contribution is 7.13. The standard InChI is InChI=1S/C33H35F3N6O4S/c1-44-17-15-41-13-10-32(11-14-41)22-42(16-18-45-32)30-26(7-8-27(29(30)33(34,35)36)46-25-5-3-2-4-6-25)40-28(43)19-24-21-47-31(39-24)23-9-12-37-38-20-23/h2-9,12,20-21H,10-11,13-19,22H2,1H3,(H,40,43). The minimum absolute atomic E-state index is 0.0473. The third-order valence-corrected chi connectivity index (χ3v) is 9.28. The molecule has 0 radical (unpaired) electrons. The molecule has 1 N–H and O–H groups in total. The predicted octanol–water partition coefficient (Wildman–Crippen LogP) is 5.91. The van der Waals surface area contributed by atoms with Crippen molar-refractivity contribution in [3.63, 3.8) is 0 Å². The van der Waals surface area contributed by atoms with E-state index in [1.54, 1.807) is 66.2 Å². The van der Waals surface area contributed by atoms with Gasteiger partial charge in [0, 0.05) is 50.8 Å². The number of halogens is 3. The number of morpholine rings is 1. The summed E-state index contributed by atoms with van der Waals surface area (Å²) in [5.41, 5.74) is -0.409. The second-order valence-corrected chi connectivity index (χ2v) is 12.4. The summed E-state index contributed by atoms with van der Waals surface area (Å²) in [6, 6.07) is 12.8. The largest absolute Gasteiger partial charge is 0.457 e. The van der Waals surface area contributed by atoms with Gasteiger partial charge in [0.25, 0.3) is 0 Å². The molecule has 0 bridgehead atoms. The van der Waals surface area contributed by atoms with Crippen molar-refractivity contribution in [2.24, 2.45) is 0 Å². The summed E-state index contributed by atoms with van der Waals surface area (Å²) in [5, 5.41) is 12.8. The summed E-state index contributed by atoms with van der Waals surface area (Å²) in [7, 11) is 1.66. The molecule has 1 amide bonds. The topological polar surface area (TPSA) is 102 Å². The smallest absolute Gasteiger partial charge is 0.422 e. The highest BCUT2D eigenvalue weighted by atomic mass is 32.1. The Kier molecular flexibility index (Phi) is 10.0. The van der Waals surface area contributed by atoms with Gasteiger partial charge in [-0.15, -0.1) is 11.3 Å². The lowest BCUT2D eigenvalue weighted by Gasteiger charge is -2.48.